The second kappa shape index (κ2) is 8.52. The summed E-state index contributed by atoms with van der Waals surface area (Å²) in [4.78, 5) is 17.0. The maximum absolute atomic E-state index is 12.5. The van der Waals surface area contributed by atoms with E-state index in [0.29, 0.717) is 31.1 Å². The van der Waals surface area contributed by atoms with Crippen molar-refractivity contribution < 1.29 is 14.3 Å². The van der Waals surface area contributed by atoms with Gasteiger partial charge in [0.05, 0.1) is 12.3 Å². The number of pyridine rings is 1. The summed E-state index contributed by atoms with van der Waals surface area (Å²) in [7, 11) is 0. The number of imidazole rings is 1. The number of hydrogen-bond donors (Lipinski definition) is 1. The van der Waals surface area contributed by atoms with Crippen LogP contribution in [0.2, 0.25) is 0 Å². The summed E-state index contributed by atoms with van der Waals surface area (Å²) < 4.78 is 13.6. The van der Waals surface area contributed by atoms with Crippen molar-refractivity contribution in [3.8, 4) is 11.5 Å². The molecule has 1 aliphatic heterocycles. The van der Waals surface area contributed by atoms with E-state index in [-0.39, 0.29) is 11.8 Å². The quantitative estimate of drug-likeness (QED) is 0.521. The predicted octanol–water partition coefficient (Wildman–Crippen LogP) is 3.89. The highest BCUT2D eigenvalue weighted by Gasteiger charge is 2.20. The van der Waals surface area contributed by atoms with Crippen LogP contribution in [-0.2, 0) is 13.0 Å². The van der Waals surface area contributed by atoms with Crippen molar-refractivity contribution >= 4 is 11.6 Å². The first-order valence-corrected chi connectivity index (χ1v) is 10.4. The van der Waals surface area contributed by atoms with E-state index >= 15 is 0 Å². The molecule has 0 radical (unpaired) electrons. The molecule has 2 aromatic heterocycles. The smallest absolute Gasteiger partial charge is 0.251 e. The average Bonchev–Trinajstić information content (AvgIpc) is 3.24. The minimum Gasteiger partial charge on any atom is -0.493 e. The van der Waals surface area contributed by atoms with Crippen molar-refractivity contribution in [1.82, 2.24) is 14.7 Å². The van der Waals surface area contributed by atoms with Gasteiger partial charge in [-0.25, -0.2) is 4.98 Å². The topological polar surface area (TPSA) is 64.9 Å². The molecule has 0 unspecified atom stereocenters. The maximum atomic E-state index is 12.5. The fourth-order valence-electron chi connectivity index (χ4n) is 3.78. The molecule has 0 aliphatic carbocycles. The maximum Gasteiger partial charge on any atom is 0.251 e. The van der Waals surface area contributed by atoms with Gasteiger partial charge < -0.3 is 19.2 Å². The summed E-state index contributed by atoms with van der Waals surface area (Å²) in [6.07, 6.45) is 4.81. The first-order chi connectivity index (χ1) is 15.2. The van der Waals surface area contributed by atoms with Gasteiger partial charge in [0.15, 0.2) is 0 Å². The largest absolute Gasteiger partial charge is 0.493 e. The minimum absolute atomic E-state index is 0.0919. The van der Waals surface area contributed by atoms with E-state index in [2.05, 4.69) is 16.4 Å². The number of carbonyl (C=O) groups excluding carboxylic acids is 1. The van der Waals surface area contributed by atoms with Crippen molar-refractivity contribution in [3.63, 3.8) is 0 Å². The van der Waals surface area contributed by atoms with E-state index in [9.17, 15) is 4.79 Å². The number of para-hydroxylation sites is 1. The molecular weight excluding hydrogens is 390 g/mol. The number of amides is 1. The third-order valence-corrected chi connectivity index (χ3v) is 5.42. The molecule has 1 amide bonds. The number of fused-ring (bicyclic) bond motifs is 2. The molecule has 0 saturated carbocycles. The molecule has 5 rings (SSSR count). The summed E-state index contributed by atoms with van der Waals surface area (Å²) in [5.41, 5.74) is 3.54. The molecule has 1 N–H and O–H groups in total. The monoisotopic (exact) mass is 413 g/mol. The Kier molecular flexibility index (Phi) is 5.27. The van der Waals surface area contributed by atoms with Gasteiger partial charge in [-0.05, 0) is 54.4 Å². The number of carbonyl (C=O) groups is 1. The Bertz CT molecular complexity index is 1170. The highest BCUT2D eigenvalue weighted by Crippen LogP contribution is 2.26. The molecule has 0 fully saturated rings. The molecule has 6 heteroatoms. The molecule has 0 saturated heterocycles. The Morgan fingerprint density at radius 3 is 2.81 bits per heavy atom. The van der Waals surface area contributed by atoms with Crippen LogP contribution in [0.4, 0.5) is 0 Å². The zero-order valence-electron chi connectivity index (χ0n) is 17.0. The number of benzene rings is 2. The van der Waals surface area contributed by atoms with Crippen molar-refractivity contribution in [2.75, 3.05) is 13.2 Å². The molecule has 0 spiro atoms. The molecular formula is C25H23N3O3. The van der Waals surface area contributed by atoms with Gasteiger partial charge in [0.1, 0.15) is 23.8 Å². The standard InChI is InChI=1S/C25H23N3O3/c29-25(26-14-18-13-20-5-1-2-6-23(20)31-16-18)19-8-10-22(11-9-19)30-17-21-15-28-12-4-3-7-24(28)27-21/h1-12,15,18H,13-14,16-17H2,(H,26,29)/t18-/m0/s1. The number of ether oxygens (including phenoxy) is 2. The SMILES string of the molecule is O=C(NC[C@H]1COc2ccccc2C1)c1ccc(OCc2cn3ccccc3n2)cc1. The van der Waals surface area contributed by atoms with Gasteiger partial charge in [0.25, 0.3) is 5.91 Å². The van der Waals surface area contributed by atoms with Crippen LogP contribution in [0.5, 0.6) is 11.5 Å². The van der Waals surface area contributed by atoms with Crippen LogP contribution in [0.25, 0.3) is 5.65 Å². The summed E-state index contributed by atoms with van der Waals surface area (Å²) in [6.45, 7) is 1.57. The van der Waals surface area contributed by atoms with E-state index < -0.39 is 0 Å². The predicted molar refractivity (Wildman–Crippen MR) is 117 cm³/mol. The Morgan fingerprint density at radius 2 is 1.94 bits per heavy atom. The van der Waals surface area contributed by atoms with Crippen LogP contribution in [-0.4, -0.2) is 28.4 Å². The fraction of sp³-hybridized carbons (Fsp3) is 0.200. The summed E-state index contributed by atoms with van der Waals surface area (Å²) >= 11 is 0. The van der Waals surface area contributed by atoms with Gasteiger partial charge in [0.2, 0.25) is 0 Å². The lowest BCUT2D eigenvalue weighted by molar-refractivity contribution is 0.0939. The van der Waals surface area contributed by atoms with Gasteiger partial charge in [-0.3, -0.25) is 4.79 Å². The Labute approximate surface area is 180 Å². The second-order valence-corrected chi connectivity index (χ2v) is 7.71. The third kappa shape index (κ3) is 4.38. The van der Waals surface area contributed by atoms with E-state index in [4.69, 9.17) is 9.47 Å². The second-order valence-electron chi connectivity index (χ2n) is 7.71. The normalized spacial score (nSPS) is 15.2. The first-order valence-electron chi connectivity index (χ1n) is 10.4. The van der Waals surface area contributed by atoms with Gasteiger partial charge in [-0.15, -0.1) is 0 Å². The number of rotatable bonds is 6. The average molecular weight is 413 g/mol. The molecule has 3 heterocycles. The van der Waals surface area contributed by atoms with Gasteiger partial charge >= 0.3 is 0 Å². The van der Waals surface area contributed by atoms with E-state index in [1.807, 2.05) is 65.3 Å². The van der Waals surface area contributed by atoms with Crippen LogP contribution < -0.4 is 14.8 Å². The van der Waals surface area contributed by atoms with Crippen molar-refractivity contribution in [1.29, 1.82) is 0 Å². The Morgan fingerprint density at radius 1 is 1.10 bits per heavy atom. The van der Waals surface area contributed by atoms with Crippen LogP contribution in [0.15, 0.2) is 79.1 Å². The summed E-state index contributed by atoms with van der Waals surface area (Å²) in [6, 6.07) is 21.1. The molecule has 156 valence electrons. The van der Waals surface area contributed by atoms with E-state index in [1.165, 1.54) is 5.56 Å². The number of hydrogen-bond acceptors (Lipinski definition) is 4. The summed E-state index contributed by atoms with van der Waals surface area (Å²) in [5.74, 6) is 1.83. The molecule has 2 aromatic carbocycles. The molecule has 4 aromatic rings. The highest BCUT2D eigenvalue weighted by molar-refractivity contribution is 5.94. The number of aromatic nitrogens is 2. The van der Waals surface area contributed by atoms with Crippen molar-refractivity contribution in [2.24, 2.45) is 5.92 Å². The van der Waals surface area contributed by atoms with E-state index in [0.717, 1.165) is 23.5 Å². The zero-order valence-corrected chi connectivity index (χ0v) is 17.0. The van der Waals surface area contributed by atoms with E-state index in [1.54, 1.807) is 12.1 Å². The highest BCUT2D eigenvalue weighted by atomic mass is 16.5. The Balaban J connectivity index is 1.13. The third-order valence-electron chi connectivity index (χ3n) is 5.42. The fourth-order valence-corrected chi connectivity index (χ4v) is 3.78. The summed E-state index contributed by atoms with van der Waals surface area (Å²) in [5, 5.41) is 3.02. The van der Waals surface area contributed by atoms with Crippen molar-refractivity contribution in [3.05, 3.63) is 95.9 Å². The van der Waals surface area contributed by atoms with Crippen LogP contribution in [0.3, 0.4) is 0 Å². The molecule has 1 aliphatic rings. The first kappa shape index (κ1) is 19.2. The van der Waals surface area contributed by atoms with Crippen LogP contribution in [0, 0.1) is 5.92 Å². The lowest BCUT2D eigenvalue weighted by Gasteiger charge is -2.25. The van der Waals surface area contributed by atoms with Crippen LogP contribution in [0.1, 0.15) is 21.6 Å². The lowest BCUT2D eigenvalue weighted by Crippen LogP contribution is -2.34. The lowest BCUT2D eigenvalue weighted by atomic mass is 9.96. The van der Waals surface area contributed by atoms with Gasteiger partial charge in [0, 0.05) is 30.4 Å². The number of nitrogens with one attached hydrogen (secondary N) is 1. The minimum atomic E-state index is -0.0919. The van der Waals surface area contributed by atoms with Gasteiger partial charge in [-0.1, -0.05) is 24.3 Å². The molecule has 0 bridgehead atoms. The Hall–Kier alpha value is -3.80. The van der Waals surface area contributed by atoms with Crippen LogP contribution >= 0.6 is 0 Å². The molecule has 1 atom stereocenters. The van der Waals surface area contributed by atoms with Crippen molar-refractivity contribution in [2.45, 2.75) is 13.0 Å². The molecule has 6 nitrogen and oxygen atoms in total. The zero-order chi connectivity index (χ0) is 21.0. The number of nitrogens with zero attached hydrogens (tertiary/aromatic N) is 2. The molecule has 31 heavy (non-hydrogen) atoms. The van der Waals surface area contributed by atoms with Gasteiger partial charge in [-0.2, -0.15) is 0 Å².